The minimum atomic E-state index is -3.74. The first kappa shape index (κ1) is 14.1. The van der Waals surface area contributed by atoms with E-state index in [-0.39, 0.29) is 4.90 Å². The van der Waals surface area contributed by atoms with E-state index in [9.17, 15) is 8.42 Å². The molecule has 0 aliphatic heterocycles. The van der Waals surface area contributed by atoms with Gasteiger partial charge in [-0.15, -0.1) is 0 Å². The van der Waals surface area contributed by atoms with Crippen LogP contribution in [0, 0.1) is 12.3 Å². The van der Waals surface area contributed by atoms with Crippen LogP contribution in [0.15, 0.2) is 17.0 Å². The highest BCUT2D eigenvalue weighted by Crippen LogP contribution is 2.48. The number of nitrogen functional groups attached to an aromatic ring is 1. The predicted octanol–water partition coefficient (Wildman–Crippen LogP) is 1.83. The lowest BCUT2D eigenvalue weighted by atomic mass is 10.0. The van der Waals surface area contributed by atoms with Crippen molar-refractivity contribution in [3.63, 3.8) is 0 Å². The third-order valence-electron chi connectivity index (χ3n) is 4.05. The molecule has 5 nitrogen and oxygen atoms in total. The van der Waals surface area contributed by atoms with Crippen LogP contribution >= 0.6 is 0 Å². The van der Waals surface area contributed by atoms with Crippen LogP contribution in [0.25, 0.3) is 0 Å². The Bertz CT molecular complexity index is 592. The van der Waals surface area contributed by atoms with Crippen molar-refractivity contribution in [1.82, 2.24) is 0 Å². The molecular formula is C13H21N3O2S. The second-order valence-electron chi connectivity index (χ2n) is 5.44. The molecule has 1 aliphatic carbocycles. The van der Waals surface area contributed by atoms with Crippen LogP contribution in [0.5, 0.6) is 0 Å². The van der Waals surface area contributed by atoms with E-state index in [0.717, 1.165) is 18.7 Å². The van der Waals surface area contributed by atoms with Crippen LogP contribution in [0.1, 0.15) is 31.7 Å². The van der Waals surface area contributed by atoms with Crippen LogP contribution in [0.2, 0.25) is 0 Å². The first-order valence-corrected chi connectivity index (χ1v) is 7.99. The van der Waals surface area contributed by atoms with Gasteiger partial charge in [0.15, 0.2) is 0 Å². The molecule has 0 atom stereocenters. The maximum atomic E-state index is 11.5. The number of nitrogens with one attached hydrogen (secondary N) is 1. The summed E-state index contributed by atoms with van der Waals surface area (Å²) < 4.78 is 23.0. The summed E-state index contributed by atoms with van der Waals surface area (Å²) in [6.07, 6.45) is 3.57. The van der Waals surface area contributed by atoms with Gasteiger partial charge in [-0.1, -0.05) is 6.92 Å². The van der Waals surface area contributed by atoms with Crippen molar-refractivity contribution in [2.45, 2.75) is 38.0 Å². The Hall–Kier alpha value is -1.27. The van der Waals surface area contributed by atoms with Crippen molar-refractivity contribution in [3.05, 3.63) is 17.7 Å². The predicted molar refractivity (Wildman–Crippen MR) is 77.4 cm³/mol. The van der Waals surface area contributed by atoms with Crippen molar-refractivity contribution in [2.24, 2.45) is 10.6 Å². The van der Waals surface area contributed by atoms with Crippen molar-refractivity contribution >= 4 is 21.4 Å². The highest BCUT2D eigenvalue weighted by Gasteiger charge is 2.40. The van der Waals surface area contributed by atoms with Crippen molar-refractivity contribution < 1.29 is 8.42 Å². The average molecular weight is 283 g/mol. The van der Waals surface area contributed by atoms with Gasteiger partial charge in [-0.05, 0) is 49.3 Å². The van der Waals surface area contributed by atoms with Gasteiger partial charge in [-0.3, -0.25) is 0 Å². The van der Waals surface area contributed by atoms with E-state index in [1.165, 1.54) is 18.9 Å². The van der Waals surface area contributed by atoms with E-state index in [4.69, 9.17) is 10.9 Å². The molecule has 1 aromatic rings. The van der Waals surface area contributed by atoms with Gasteiger partial charge >= 0.3 is 0 Å². The number of anilines is 2. The molecule has 0 amide bonds. The Kier molecular flexibility index (Phi) is 3.49. The van der Waals surface area contributed by atoms with E-state index in [2.05, 4.69) is 12.2 Å². The molecule has 19 heavy (non-hydrogen) atoms. The van der Waals surface area contributed by atoms with Crippen LogP contribution in [-0.4, -0.2) is 15.0 Å². The quantitative estimate of drug-likeness (QED) is 0.718. The number of hydrogen-bond donors (Lipinski definition) is 3. The number of sulfonamides is 1. The Morgan fingerprint density at radius 1 is 1.37 bits per heavy atom. The standard InChI is InChI=1S/C13H21N3O2S/c1-3-13(4-5-13)8-16-11-6-10(14)7-12(9(11)2)19(15,17)18/h6-7,16H,3-5,8,14H2,1-2H3,(H2,15,17,18). The van der Waals surface area contributed by atoms with E-state index in [1.807, 2.05) is 0 Å². The largest absolute Gasteiger partial charge is 0.399 e. The topological polar surface area (TPSA) is 98.2 Å². The highest BCUT2D eigenvalue weighted by atomic mass is 32.2. The minimum Gasteiger partial charge on any atom is -0.399 e. The molecule has 1 fully saturated rings. The summed E-state index contributed by atoms with van der Waals surface area (Å²) >= 11 is 0. The average Bonchev–Trinajstić information content (AvgIpc) is 3.09. The molecule has 5 N–H and O–H groups in total. The van der Waals surface area contributed by atoms with Gasteiger partial charge in [-0.2, -0.15) is 0 Å². The SMILES string of the molecule is CCC1(CNc2cc(N)cc(S(N)(=O)=O)c2C)CC1. The van der Waals surface area contributed by atoms with Gasteiger partial charge in [0.05, 0.1) is 4.90 Å². The van der Waals surface area contributed by atoms with Gasteiger partial charge in [0.2, 0.25) is 10.0 Å². The van der Waals surface area contributed by atoms with Gasteiger partial charge in [0, 0.05) is 17.9 Å². The molecule has 0 spiro atoms. The lowest BCUT2D eigenvalue weighted by Crippen LogP contribution is -2.18. The maximum absolute atomic E-state index is 11.5. The van der Waals surface area contributed by atoms with E-state index < -0.39 is 10.0 Å². The molecule has 2 rings (SSSR count). The summed E-state index contributed by atoms with van der Waals surface area (Å²) in [6, 6.07) is 3.16. The van der Waals surface area contributed by atoms with E-state index in [0.29, 0.717) is 16.7 Å². The molecular weight excluding hydrogens is 262 g/mol. The van der Waals surface area contributed by atoms with Crippen molar-refractivity contribution in [1.29, 1.82) is 0 Å². The van der Waals surface area contributed by atoms with Gasteiger partial charge < -0.3 is 11.1 Å². The van der Waals surface area contributed by atoms with Crippen molar-refractivity contribution in [2.75, 3.05) is 17.6 Å². The zero-order chi connectivity index (χ0) is 14.3. The highest BCUT2D eigenvalue weighted by molar-refractivity contribution is 7.89. The van der Waals surface area contributed by atoms with Crippen LogP contribution in [-0.2, 0) is 10.0 Å². The smallest absolute Gasteiger partial charge is 0.238 e. The molecule has 1 saturated carbocycles. The van der Waals surface area contributed by atoms with Gasteiger partial charge in [-0.25, -0.2) is 13.6 Å². The molecule has 106 valence electrons. The third-order valence-corrected chi connectivity index (χ3v) is 5.09. The number of nitrogens with two attached hydrogens (primary N) is 2. The van der Waals surface area contributed by atoms with Crippen LogP contribution in [0.3, 0.4) is 0 Å². The summed E-state index contributed by atoms with van der Waals surface area (Å²) in [5, 5.41) is 8.52. The molecule has 0 aromatic heterocycles. The molecule has 6 heteroatoms. The summed E-state index contributed by atoms with van der Waals surface area (Å²) in [7, 11) is -3.74. The molecule has 0 heterocycles. The minimum absolute atomic E-state index is 0.0938. The van der Waals surface area contributed by atoms with Gasteiger partial charge in [0.25, 0.3) is 0 Å². The second-order valence-corrected chi connectivity index (χ2v) is 6.97. The maximum Gasteiger partial charge on any atom is 0.238 e. The van der Waals surface area contributed by atoms with Crippen molar-refractivity contribution in [3.8, 4) is 0 Å². The summed E-state index contributed by atoms with van der Waals surface area (Å²) in [4.78, 5) is 0.0938. The number of benzene rings is 1. The molecule has 1 aliphatic rings. The Labute approximate surface area is 114 Å². The van der Waals surface area contributed by atoms with Gasteiger partial charge in [0.1, 0.15) is 0 Å². The van der Waals surface area contributed by atoms with Crippen LogP contribution < -0.4 is 16.2 Å². The second kappa shape index (κ2) is 4.68. The number of primary sulfonamides is 1. The lowest BCUT2D eigenvalue weighted by molar-refractivity contribution is 0.521. The fraction of sp³-hybridized carbons (Fsp3) is 0.538. The Morgan fingerprint density at radius 2 is 2.00 bits per heavy atom. The fourth-order valence-electron chi connectivity index (χ4n) is 2.30. The first-order valence-electron chi connectivity index (χ1n) is 6.44. The zero-order valence-corrected chi connectivity index (χ0v) is 12.2. The lowest BCUT2D eigenvalue weighted by Gasteiger charge is -2.18. The summed E-state index contributed by atoms with van der Waals surface area (Å²) in [5.74, 6) is 0. The Morgan fingerprint density at radius 3 is 2.47 bits per heavy atom. The first-order chi connectivity index (χ1) is 8.77. The normalized spacial score (nSPS) is 17.2. The third kappa shape index (κ3) is 3.01. The van der Waals surface area contributed by atoms with Crippen LogP contribution in [0.4, 0.5) is 11.4 Å². The fourth-order valence-corrected chi connectivity index (χ4v) is 3.14. The molecule has 0 radical (unpaired) electrons. The molecule has 1 aromatic carbocycles. The zero-order valence-electron chi connectivity index (χ0n) is 11.4. The Balaban J connectivity index is 2.28. The molecule has 0 saturated heterocycles. The van der Waals surface area contributed by atoms with E-state index in [1.54, 1.807) is 13.0 Å². The summed E-state index contributed by atoms with van der Waals surface area (Å²) in [5.41, 5.74) is 7.91. The molecule has 0 unspecified atom stereocenters. The number of rotatable bonds is 5. The van der Waals surface area contributed by atoms with E-state index >= 15 is 0 Å². The monoisotopic (exact) mass is 283 g/mol. The number of hydrogen-bond acceptors (Lipinski definition) is 4. The summed E-state index contributed by atoms with van der Waals surface area (Å²) in [6.45, 7) is 4.77. The molecule has 0 bridgehead atoms.